The number of methoxy groups -OCH3 is 1. The predicted octanol–water partition coefficient (Wildman–Crippen LogP) is 6.66. The molecular weight excluding hydrogens is 543 g/mol. The summed E-state index contributed by atoms with van der Waals surface area (Å²) in [6, 6.07) is 33.8. The first-order valence-corrected chi connectivity index (χ1v) is 20.4. The summed E-state index contributed by atoms with van der Waals surface area (Å²) in [5.74, 6) is 1.16. The first-order valence-electron chi connectivity index (χ1n) is 14.4. The molecule has 214 valence electrons. The van der Waals surface area contributed by atoms with Crippen molar-refractivity contribution in [1.82, 2.24) is 0 Å². The third-order valence-electron chi connectivity index (χ3n) is 8.27. The Morgan fingerprint density at radius 1 is 0.805 bits per heavy atom. The molecule has 0 spiro atoms. The Kier molecular flexibility index (Phi) is 8.68. The number of carbonyl (C=O) groups is 1. The summed E-state index contributed by atoms with van der Waals surface area (Å²) < 4.78 is 18.2. The van der Waals surface area contributed by atoms with Crippen molar-refractivity contribution in [2.45, 2.75) is 45.6 Å². The van der Waals surface area contributed by atoms with Crippen LogP contribution < -0.4 is 25.4 Å². The SMILES string of the molecule is COc1c(C)c2c(c(OCC[Si](C)(C)C)c1CC[PH](c1ccccc1)(c1ccccc1)c1ccccc1)C(=O)OC2. The van der Waals surface area contributed by atoms with Gasteiger partial charge in [-0.05, 0) is 0 Å². The van der Waals surface area contributed by atoms with Gasteiger partial charge in [-0.2, -0.15) is 0 Å². The fraction of sp³-hybridized carbons (Fsp3) is 0.286. The molecule has 1 aliphatic heterocycles. The van der Waals surface area contributed by atoms with Gasteiger partial charge in [-0.15, -0.1) is 0 Å². The monoisotopic (exact) mass is 584 g/mol. The van der Waals surface area contributed by atoms with Crippen LogP contribution in [0.15, 0.2) is 91.0 Å². The van der Waals surface area contributed by atoms with E-state index in [2.05, 4.69) is 111 Å². The number of benzene rings is 4. The van der Waals surface area contributed by atoms with Crippen molar-refractivity contribution in [1.29, 1.82) is 0 Å². The first kappa shape index (κ1) is 29.1. The molecule has 0 N–H and O–H groups in total. The zero-order valence-electron chi connectivity index (χ0n) is 24.8. The Hall–Kier alpha value is -3.40. The van der Waals surface area contributed by atoms with Gasteiger partial charge in [0.25, 0.3) is 0 Å². The van der Waals surface area contributed by atoms with E-state index in [0.29, 0.717) is 24.3 Å². The second-order valence-corrected chi connectivity index (χ2v) is 21.7. The molecular formula is C35H41O4PSi. The molecule has 0 saturated carbocycles. The second-order valence-electron chi connectivity index (χ2n) is 12.1. The van der Waals surface area contributed by atoms with E-state index < -0.39 is 15.3 Å². The minimum atomic E-state index is -2.51. The van der Waals surface area contributed by atoms with Crippen LogP contribution in [0.5, 0.6) is 11.5 Å². The summed E-state index contributed by atoms with van der Waals surface area (Å²) in [5.41, 5.74) is 3.40. The number of fused-ring (bicyclic) bond motifs is 1. The van der Waals surface area contributed by atoms with Gasteiger partial charge >= 0.3 is 246 Å². The standard InChI is InChI=1S/C35H41O4PSi/c1-26-31-25-39-35(36)32(31)34(38-22-24-41(3,4)5)30(33(26)37-2)21-23-40(27-15-9-6-10-16-27,28-17-11-7-12-18-28)29-19-13-8-14-20-29/h6-20,40H,21-25H2,1-5H3. The van der Waals surface area contributed by atoms with Crippen molar-refractivity contribution in [2.24, 2.45) is 0 Å². The van der Waals surface area contributed by atoms with Crippen LogP contribution in [0.1, 0.15) is 27.0 Å². The summed E-state index contributed by atoms with van der Waals surface area (Å²) >= 11 is 0. The molecule has 0 bridgehead atoms. The zero-order valence-corrected chi connectivity index (χ0v) is 26.8. The molecule has 41 heavy (non-hydrogen) atoms. The third kappa shape index (κ3) is 5.84. The molecule has 1 heterocycles. The van der Waals surface area contributed by atoms with E-state index in [9.17, 15) is 4.79 Å². The Morgan fingerprint density at radius 2 is 1.32 bits per heavy atom. The minimum absolute atomic E-state index is 0.262. The number of esters is 1. The van der Waals surface area contributed by atoms with Gasteiger partial charge in [0.15, 0.2) is 0 Å². The third-order valence-corrected chi connectivity index (χ3v) is 14.9. The Balaban J connectivity index is 1.68. The van der Waals surface area contributed by atoms with E-state index in [1.165, 1.54) is 15.9 Å². The quantitative estimate of drug-likeness (QED) is 0.112. The molecule has 0 unspecified atom stereocenters. The average molecular weight is 585 g/mol. The fourth-order valence-corrected chi connectivity index (χ4v) is 11.6. The van der Waals surface area contributed by atoms with E-state index in [1.54, 1.807) is 7.11 Å². The number of carbonyl (C=O) groups excluding carboxylic acids is 1. The van der Waals surface area contributed by atoms with E-state index >= 15 is 0 Å². The molecule has 0 radical (unpaired) electrons. The van der Waals surface area contributed by atoms with Gasteiger partial charge in [0.1, 0.15) is 0 Å². The predicted molar refractivity (Wildman–Crippen MR) is 176 cm³/mol. The van der Waals surface area contributed by atoms with E-state index in [4.69, 9.17) is 14.2 Å². The number of hydrogen-bond donors (Lipinski definition) is 0. The van der Waals surface area contributed by atoms with Crippen molar-refractivity contribution >= 4 is 37.2 Å². The maximum absolute atomic E-state index is 13.1. The van der Waals surface area contributed by atoms with Crippen LogP contribution in [0, 0.1) is 6.92 Å². The Bertz CT molecular complexity index is 1400. The molecule has 0 aromatic heterocycles. The molecule has 6 heteroatoms. The van der Waals surface area contributed by atoms with Crippen LogP contribution in [-0.4, -0.2) is 33.9 Å². The Morgan fingerprint density at radius 3 is 1.78 bits per heavy atom. The van der Waals surface area contributed by atoms with Crippen LogP contribution in [0.4, 0.5) is 0 Å². The van der Waals surface area contributed by atoms with Crippen LogP contribution in [-0.2, 0) is 17.8 Å². The molecule has 4 aromatic rings. The molecule has 0 aliphatic carbocycles. The van der Waals surface area contributed by atoms with Crippen molar-refractivity contribution in [3.8, 4) is 11.5 Å². The normalized spacial score (nSPS) is 13.4. The number of hydrogen-bond acceptors (Lipinski definition) is 4. The average Bonchev–Trinajstić information content (AvgIpc) is 3.37. The molecule has 4 aromatic carbocycles. The van der Waals surface area contributed by atoms with Gasteiger partial charge in [0.2, 0.25) is 0 Å². The van der Waals surface area contributed by atoms with E-state index in [1.807, 2.05) is 6.92 Å². The summed E-state index contributed by atoms with van der Waals surface area (Å²) in [5, 5.41) is 4.07. The molecule has 0 fully saturated rings. The first-order chi connectivity index (χ1) is 19.8. The molecule has 5 rings (SSSR count). The van der Waals surface area contributed by atoms with Gasteiger partial charge in [-0.3, -0.25) is 0 Å². The summed E-state index contributed by atoms with van der Waals surface area (Å²) in [6.45, 7) is 9.89. The van der Waals surface area contributed by atoms with Crippen LogP contribution >= 0.6 is 7.26 Å². The van der Waals surface area contributed by atoms with Crippen LogP contribution in [0.25, 0.3) is 0 Å². The molecule has 0 saturated heterocycles. The summed E-state index contributed by atoms with van der Waals surface area (Å²) in [4.78, 5) is 13.1. The topological polar surface area (TPSA) is 44.8 Å². The maximum atomic E-state index is 13.1. The van der Waals surface area contributed by atoms with Gasteiger partial charge in [0.05, 0.1) is 0 Å². The molecule has 4 nitrogen and oxygen atoms in total. The van der Waals surface area contributed by atoms with Crippen molar-refractivity contribution in [3.05, 3.63) is 113 Å². The van der Waals surface area contributed by atoms with Gasteiger partial charge in [-0.25, -0.2) is 0 Å². The van der Waals surface area contributed by atoms with E-state index in [0.717, 1.165) is 34.6 Å². The Labute approximate surface area is 246 Å². The van der Waals surface area contributed by atoms with Crippen molar-refractivity contribution < 1.29 is 19.0 Å². The fourth-order valence-electron chi connectivity index (χ4n) is 6.08. The number of cyclic esters (lactones) is 1. The van der Waals surface area contributed by atoms with Gasteiger partial charge in [-0.1, -0.05) is 0 Å². The van der Waals surface area contributed by atoms with Crippen LogP contribution in [0.3, 0.4) is 0 Å². The molecule has 1 aliphatic rings. The summed E-state index contributed by atoms with van der Waals surface area (Å²) in [6.07, 6.45) is 1.59. The molecule has 0 atom stereocenters. The number of ether oxygens (including phenoxy) is 3. The van der Waals surface area contributed by atoms with Gasteiger partial charge < -0.3 is 0 Å². The summed E-state index contributed by atoms with van der Waals surface area (Å²) in [7, 11) is -2.14. The van der Waals surface area contributed by atoms with Gasteiger partial charge in [0, 0.05) is 0 Å². The van der Waals surface area contributed by atoms with Crippen LogP contribution in [0.2, 0.25) is 25.7 Å². The number of rotatable bonds is 11. The van der Waals surface area contributed by atoms with Crippen molar-refractivity contribution in [3.63, 3.8) is 0 Å². The molecule has 0 amide bonds. The second kappa shape index (κ2) is 12.2. The van der Waals surface area contributed by atoms with Crippen molar-refractivity contribution in [2.75, 3.05) is 19.9 Å². The van der Waals surface area contributed by atoms with E-state index in [-0.39, 0.29) is 12.6 Å². The zero-order chi connectivity index (χ0) is 29.0.